The maximum Gasteiger partial charge on any atom is 0.281 e. The van der Waals surface area contributed by atoms with Gasteiger partial charge in [-0.25, -0.2) is 8.42 Å². The second-order valence-electron chi connectivity index (χ2n) is 6.25. The van der Waals surface area contributed by atoms with Crippen molar-refractivity contribution in [3.8, 4) is 0 Å². The summed E-state index contributed by atoms with van der Waals surface area (Å²) in [6, 6.07) is 7.36. The molecule has 10 heteroatoms. The number of alkyl halides is 1. The van der Waals surface area contributed by atoms with Crippen molar-refractivity contribution >= 4 is 44.3 Å². The maximum absolute atomic E-state index is 13.4. The Morgan fingerprint density at radius 3 is 2.85 bits per heavy atom. The van der Waals surface area contributed by atoms with E-state index in [1.165, 1.54) is 16.2 Å². The fourth-order valence-electron chi connectivity index (χ4n) is 2.95. The highest BCUT2D eigenvalue weighted by molar-refractivity contribution is 8.06. The second-order valence-corrected chi connectivity index (χ2v) is 9.34. The number of hydrogen-bond donors (Lipinski definition) is 0. The third-order valence-electron chi connectivity index (χ3n) is 4.19. The van der Waals surface area contributed by atoms with Crippen molar-refractivity contribution < 1.29 is 8.42 Å². The van der Waals surface area contributed by atoms with Gasteiger partial charge in [0, 0.05) is 18.1 Å². The first-order valence-corrected chi connectivity index (χ1v) is 10.8. The highest BCUT2D eigenvalue weighted by Gasteiger charge is 2.43. The smallest absolute Gasteiger partial charge is 0.281 e. The van der Waals surface area contributed by atoms with Gasteiger partial charge in [-0.3, -0.25) is 9.69 Å². The molecule has 0 radical (unpaired) electrons. The first-order valence-electron chi connectivity index (χ1n) is 8.02. The number of hydrazine groups is 1. The molecule has 1 atom stereocenters. The largest absolute Gasteiger partial charge is 0.308 e. The van der Waals surface area contributed by atoms with Gasteiger partial charge in [0.25, 0.3) is 10.0 Å². The summed E-state index contributed by atoms with van der Waals surface area (Å²) in [7, 11) is 0.0157. The molecule has 0 spiro atoms. The Balaban J connectivity index is 1.80. The number of rotatable bonds is 5. The van der Waals surface area contributed by atoms with Crippen LogP contribution < -0.4 is 0 Å². The van der Waals surface area contributed by atoms with Crippen molar-refractivity contribution in [3.63, 3.8) is 0 Å². The Labute approximate surface area is 161 Å². The van der Waals surface area contributed by atoms with Crippen molar-refractivity contribution in [1.82, 2.24) is 24.1 Å². The zero-order valence-corrected chi connectivity index (χ0v) is 16.7. The van der Waals surface area contributed by atoms with Crippen LogP contribution in [0.3, 0.4) is 0 Å². The van der Waals surface area contributed by atoms with Crippen LogP contribution in [0.4, 0.5) is 0 Å². The Kier molecular flexibility index (Phi) is 4.52. The summed E-state index contributed by atoms with van der Waals surface area (Å²) in [6.07, 6.45) is 3.41. The summed E-state index contributed by atoms with van der Waals surface area (Å²) in [4.78, 5) is 2.03. The molecule has 138 valence electrons. The first kappa shape index (κ1) is 17.9. The van der Waals surface area contributed by atoms with Crippen LogP contribution in [0.15, 0.2) is 52.0 Å². The minimum atomic E-state index is -3.92. The summed E-state index contributed by atoms with van der Waals surface area (Å²) in [6.45, 7) is 1.35. The Hall–Kier alpha value is -1.52. The lowest BCUT2D eigenvalue weighted by atomic mass is 10.2. The standard InChI is InChI=1S/C16H18ClN5O2S2/c1-19(2)7-8-20-13-6-4-3-5-12(13)16(18-20)26(23,24)22-14(17)11-15-21(22)9-10-25-15/h3-6,9-11,14H,7-8H2,1-2H3. The van der Waals surface area contributed by atoms with Crippen LogP contribution in [0.25, 0.3) is 10.9 Å². The van der Waals surface area contributed by atoms with Gasteiger partial charge >= 0.3 is 0 Å². The Morgan fingerprint density at radius 2 is 2.08 bits per heavy atom. The lowest BCUT2D eigenvalue weighted by molar-refractivity contribution is 0.204. The number of aromatic nitrogens is 2. The van der Waals surface area contributed by atoms with Gasteiger partial charge in [0.15, 0.2) is 0 Å². The number of para-hydroxylation sites is 1. The zero-order chi connectivity index (χ0) is 18.5. The number of hydrogen-bond acceptors (Lipinski definition) is 6. The molecule has 0 fully saturated rings. The summed E-state index contributed by atoms with van der Waals surface area (Å²) in [5.41, 5.74) is 0.0101. The SMILES string of the molecule is CN(C)CCn1nc(S(=O)(=O)N2C(Cl)C=C3SC=CN32)c2ccccc21. The third-order valence-corrected chi connectivity index (χ3v) is 7.13. The van der Waals surface area contributed by atoms with Gasteiger partial charge in [-0.05, 0) is 37.7 Å². The summed E-state index contributed by atoms with van der Waals surface area (Å²) >= 11 is 7.75. The van der Waals surface area contributed by atoms with Gasteiger partial charge in [-0.2, -0.15) is 5.10 Å². The molecule has 2 aliphatic rings. The van der Waals surface area contributed by atoms with Crippen LogP contribution >= 0.6 is 23.4 Å². The fourth-order valence-corrected chi connectivity index (χ4v) is 5.92. The first-order chi connectivity index (χ1) is 12.4. The van der Waals surface area contributed by atoms with Gasteiger partial charge in [-0.15, -0.1) is 0 Å². The zero-order valence-electron chi connectivity index (χ0n) is 14.3. The molecule has 2 aromatic rings. The van der Waals surface area contributed by atoms with E-state index in [-0.39, 0.29) is 5.03 Å². The van der Waals surface area contributed by atoms with E-state index in [2.05, 4.69) is 5.10 Å². The molecule has 0 saturated carbocycles. The number of likely N-dealkylation sites (N-methyl/N-ethyl adjacent to an activating group) is 1. The molecule has 1 aromatic heterocycles. The third kappa shape index (κ3) is 2.84. The molecule has 3 heterocycles. The van der Waals surface area contributed by atoms with Gasteiger partial charge in [0.2, 0.25) is 5.03 Å². The maximum atomic E-state index is 13.4. The Morgan fingerprint density at radius 1 is 1.31 bits per heavy atom. The van der Waals surface area contributed by atoms with E-state index in [0.717, 1.165) is 17.1 Å². The quantitative estimate of drug-likeness (QED) is 0.556. The minimum Gasteiger partial charge on any atom is -0.308 e. The molecule has 0 amide bonds. The molecular weight excluding hydrogens is 394 g/mol. The molecule has 0 bridgehead atoms. The molecule has 1 unspecified atom stereocenters. The highest BCUT2D eigenvalue weighted by Crippen LogP contribution is 2.41. The van der Waals surface area contributed by atoms with Crippen molar-refractivity contribution in [2.75, 3.05) is 20.6 Å². The van der Waals surface area contributed by atoms with Crippen LogP contribution in [0.1, 0.15) is 0 Å². The second kappa shape index (κ2) is 6.58. The fraction of sp³-hybridized carbons (Fsp3) is 0.312. The van der Waals surface area contributed by atoms with Crippen molar-refractivity contribution in [1.29, 1.82) is 0 Å². The van der Waals surface area contributed by atoms with E-state index < -0.39 is 15.5 Å². The van der Waals surface area contributed by atoms with Crippen molar-refractivity contribution in [2.45, 2.75) is 17.1 Å². The minimum absolute atomic E-state index is 0.0254. The molecule has 1 aromatic carbocycles. The number of benzene rings is 1. The number of sulfonamides is 1. The van der Waals surface area contributed by atoms with Gasteiger partial charge in [-0.1, -0.05) is 39.9 Å². The molecule has 2 aliphatic heterocycles. The van der Waals surface area contributed by atoms with Crippen molar-refractivity contribution in [3.05, 3.63) is 47.0 Å². The van der Waals surface area contributed by atoms with Crippen LogP contribution in [0.2, 0.25) is 0 Å². The average Bonchev–Trinajstić information content (AvgIpc) is 3.25. The topological polar surface area (TPSA) is 61.7 Å². The lowest BCUT2D eigenvalue weighted by Crippen LogP contribution is -2.41. The van der Waals surface area contributed by atoms with Crippen LogP contribution in [-0.2, 0) is 16.6 Å². The number of halogens is 1. The van der Waals surface area contributed by atoms with E-state index in [1.807, 2.05) is 42.6 Å². The van der Waals surface area contributed by atoms with Crippen LogP contribution in [-0.4, -0.2) is 58.7 Å². The lowest BCUT2D eigenvalue weighted by Gasteiger charge is -2.26. The summed E-state index contributed by atoms with van der Waals surface area (Å²) in [5, 5.41) is 9.24. The van der Waals surface area contributed by atoms with Crippen LogP contribution in [0, 0.1) is 0 Å². The predicted octanol–water partition coefficient (Wildman–Crippen LogP) is 2.44. The number of fused-ring (bicyclic) bond motifs is 2. The molecule has 0 saturated heterocycles. The van der Waals surface area contributed by atoms with Gasteiger partial charge < -0.3 is 4.90 Å². The van der Waals surface area contributed by atoms with E-state index in [4.69, 9.17) is 11.6 Å². The monoisotopic (exact) mass is 411 g/mol. The van der Waals surface area contributed by atoms with Gasteiger partial charge in [0.05, 0.1) is 17.1 Å². The molecular formula is C16H18ClN5O2S2. The van der Waals surface area contributed by atoms with Crippen LogP contribution in [0.5, 0.6) is 0 Å². The number of nitrogens with zero attached hydrogens (tertiary/aromatic N) is 5. The normalized spacial score (nSPS) is 20.4. The predicted molar refractivity (Wildman–Crippen MR) is 104 cm³/mol. The van der Waals surface area contributed by atoms with E-state index in [0.29, 0.717) is 11.9 Å². The van der Waals surface area contributed by atoms with Crippen molar-refractivity contribution in [2.24, 2.45) is 0 Å². The summed E-state index contributed by atoms with van der Waals surface area (Å²) < 4.78 is 29.7. The number of thioether (sulfide) groups is 1. The molecule has 0 aliphatic carbocycles. The highest BCUT2D eigenvalue weighted by atomic mass is 35.5. The molecule has 0 N–H and O–H groups in total. The van der Waals surface area contributed by atoms with Gasteiger partial charge in [0.1, 0.15) is 5.50 Å². The average molecular weight is 412 g/mol. The summed E-state index contributed by atoms with van der Waals surface area (Å²) in [5.74, 6) is 0. The van der Waals surface area contributed by atoms with E-state index >= 15 is 0 Å². The molecule has 26 heavy (non-hydrogen) atoms. The van der Waals surface area contributed by atoms with E-state index in [9.17, 15) is 8.42 Å². The Bertz CT molecular complexity index is 1010. The molecule has 4 rings (SSSR count). The molecule has 7 nitrogen and oxygen atoms in total. The van der Waals surface area contributed by atoms with E-state index in [1.54, 1.807) is 28.0 Å².